The van der Waals surface area contributed by atoms with Gasteiger partial charge in [-0.1, -0.05) is 86.3 Å². The summed E-state index contributed by atoms with van der Waals surface area (Å²) in [5.41, 5.74) is 1.71. The highest BCUT2D eigenvalue weighted by molar-refractivity contribution is 5.28. The van der Waals surface area contributed by atoms with Crippen molar-refractivity contribution in [2.24, 2.45) is 0 Å². The predicted molar refractivity (Wildman–Crippen MR) is 97.0 cm³/mol. The minimum atomic E-state index is -1.12. The first-order valence-corrected chi connectivity index (χ1v) is 9.44. The van der Waals surface area contributed by atoms with E-state index in [-0.39, 0.29) is 12.2 Å². The van der Waals surface area contributed by atoms with Gasteiger partial charge < -0.3 is 14.6 Å². The summed E-state index contributed by atoms with van der Waals surface area (Å²) in [5, 5.41) is 11.3. The SMILES string of the molecule is O[C@H](c1ccccc1)C1(c2ccccc2)O[C@@H]2CCCCCC[C@H]2O1. The van der Waals surface area contributed by atoms with Crippen molar-refractivity contribution >= 4 is 0 Å². The Balaban J connectivity index is 1.73. The zero-order valence-corrected chi connectivity index (χ0v) is 14.5. The zero-order chi connectivity index (χ0) is 17.1. The second-order valence-corrected chi connectivity index (χ2v) is 7.15. The Hall–Kier alpha value is -1.68. The Kier molecular flexibility index (Phi) is 4.89. The third kappa shape index (κ3) is 3.24. The molecule has 0 aromatic heterocycles. The summed E-state index contributed by atoms with van der Waals surface area (Å²) in [4.78, 5) is 0. The van der Waals surface area contributed by atoms with Gasteiger partial charge >= 0.3 is 0 Å². The highest BCUT2D eigenvalue weighted by Crippen LogP contribution is 2.48. The van der Waals surface area contributed by atoms with Gasteiger partial charge in [0.15, 0.2) is 0 Å². The second-order valence-electron chi connectivity index (χ2n) is 7.15. The van der Waals surface area contributed by atoms with Crippen molar-refractivity contribution in [3.05, 3.63) is 71.8 Å². The fraction of sp³-hybridized carbons (Fsp3) is 0.455. The summed E-state index contributed by atoms with van der Waals surface area (Å²) in [5.74, 6) is -1.12. The molecule has 2 aromatic carbocycles. The van der Waals surface area contributed by atoms with E-state index < -0.39 is 11.9 Å². The number of aliphatic hydroxyl groups excluding tert-OH is 1. The van der Waals surface area contributed by atoms with Crippen LogP contribution in [0, 0.1) is 0 Å². The van der Waals surface area contributed by atoms with Gasteiger partial charge in [-0.2, -0.15) is 0 Å². The van der Waals surface area contributed by atoms with Crippen LogP contribution in [0.15, 0.2) is 60.7 Å². The van der Waals surface area contributed by atoms with E-state index in [9.17, 15) is 5.11 Å². The van der Waals surface area contributed by atoms with Crippen molar-refractivity contribution in [1.29, 1.82) is 0 Å². The molecule has 0 amide bonds. The van der Waals surface area contributed by atoms with Gasteiger partial charge in [-0.05, 0) is 18.4 Å². The Morgan fingerprint density at radius 2 is 1.28 bits per heavy atom. The standard InChI is InChI=1S/C22H26O3/c23-21(17-11-5-3-6-12-17)22(18-13-7-4-8-14-18)24-19-15-9-1-2-10-16-20(19)25-22/h3-8,11-14,19-21,23H,1-2,9-10,15-16H2/t19-,20-,21-/m1/s1. The van der Waals surface area contributed by atoms with Crippen molar-refractivity contribution < 1.29 is 14.6 Å². The molecule has 1 saturated carbocycles. The van der Waals surface area contributed by atoms with Crippen LogP contribution in [-0.2, 0) is 15.3 Å². The number of rotatable bonds is 3. The normalized spacial score (nSPS) is 27.1. The van der Waals surface area contributed by atoms with E-state index >= 15 is 0 Å². The lowest BCUT2D eigenvalue weighted by atomic mass is 9.94. The van der Waals surface area contributed by atoms with Gasteiger partial charge in [-0.15, -0.1) is 0 Å². The van der Waals surface area contributed by atoms with Crippen LogP contribution in [0.5, 0.6) is 0 Å². The summed E-state index contributed by atoms with van der Waals surface area (Å²) in [7, 11) is 0. The molecule has 3 nitrogen and oxygen atoms in total. The maximum atomic E-state index is 11.3. The molecule has 0 spiro atoms. The maximum absolute atomic E-state index is 11.3. The fourth-order valence-corrected chi connectivity index (χ4v) is 4.11. The van der Waals surface area contributed by atoms with E-state index in [1.54, 1.807) is 0 Å². The van der Waals surface area contributed by atoms with E-state index in [0.717, 1.165) is 36.8 Å². The quantitative estimate of drug-likeness (QED) is 0.881. The lowest BCUT2D eigenvalue weighted by molar-refractivity contribution is -0.247. The molecule has 3 atom stereocenters. The molecule has 1 saturated heterocycles. The van der Waals surface area contributed by atoms with Crippen molar-refractivity contribution in [2.75, 3.05) is 0 Å². The molecule has 0 radical (unpaired) electrons. The van der Waals surface area contributed by atoms with Gasteiger partial charge in [0.05, 0.1) is 12.2 Å². The number of hydrogen-bond donors (Lipinski definition) is 1. The molecule has 1 aliphatic heterocycles. The molecular formula is C22H26O3. The third-order valence-electron chi connectivity index (χ3n) is 5.45. The van der Waals surface area contributed by atoms with Gasteiger partial charge in [0.25, 0.3) is 0 Å². The molecule has 132 valence electrons. The van der Waals surface area contributed by atoms with Crippen LogP contribution in [-0.4, -0.2) is 17.3 Å². The summed E-state index contributed by atoms with van der Waals surface area (Å²) < 4.78 is 13.0. The minimum Gasteiger partial charge on any atom is -0.382 e. The van der Waals surface area contributed by atoms with Gasteiger partial charge in [0.1, 0.15) is 6.10 Å². The number of benzene rings is 2. The van der Waals surface area contributed by atoms with Gasteiger partial charge in [-0.3, -0.25) is 0 Å². The molecular weight excluding hydrogens is 312 g/mol. The first-order valence-electron chi connectivity index (χ1n) is 9.44. The molecule has 1 aliphatic carbocycles. The molecule has 1 N–H and O–H groups in total. The molecule has 1 heterocycles. The number of ether oxygens (including phenoxy) is 2. The average Bonchev–Trinajstić information content (AvgIpc) is 3.01. The third-order valence-corrected chi connectivity index (χ3v) is 5.45. The Bertz CT molecular complexity index is 654. The predicted octanol–water partition coefficient (Wildman–Crippen LogP) is 4.71. The first-order chi connectivity index (χ1) is 12.3. The molecule has 2 aliphatic rings. The highest BCUT2D eigenvalue weighted by atomic mass is 16.8. The molecule has 3 heteroatoms. The van der Waals surface area contributed by atoms with Crippen LogP contribution in [0.25, 0.3) is 0 Å². The van der Waals surface area contributed by atoms with Gasteiger partial charge in [0.2, 0.25) is 5.79 Å². The minimum absolute atomic E-state index is 0.0545. The maximum Gasteiger partial charge on any atom is 0.226 e. The van der Waals surface area contributed by atoms with Gasteiger partial charge in [-0.25, -0.2) is 0 Å². The monoisotopic (exact) mass is 338 g/mol. The van der Waals surface area contributed by atoms with Crippen LogP contribution in [0.1, 0.15) is 55.8 Å². The van der Waals surface area contributed by atoms with Crippen molar-refractivity contribution in [1.82, 2.24) is 0 Å². The lowest BCUT2D eigenvalue weighted by Crippen LogP contribution is -2.36. The number of aliphatic hydroxyl groups is 1. The topological polar surface area (TPSA) is 38.7 Å². The first kappa shape index (κ1) is 16.8. The summed E-state index contributed by atoms with van der Waals surface area (Å²) in [6.45, 7) is 0. The fourth-order valence-electron chi connectivity index (χ4n) is 4.11. The largest absolute Gasteiger partial charge is 0.382 e. The van der Waals surface area contributed by atoms with Crippen LogP contribution < -0.4 is 0 Å². The van der Waals surface area contributed by atoms with Crippen molar-refractivity contribution in [3.63, 3.8) is 0 Å². The van der Waals surface area contributed by atoms with Crippen molar-refractivity contribution in [3.8, 4) is 0 Å². The Morgan fingerprint density at radius 1 is 0.760 bits per heavy atom. The van der Waals surface area contributed by atoms with E-state index in [0.29, 0.717) is 0 Å². The molecule has 4 rings (SSSR count). The molecule has 2 fully saturated rings. The van der Waals surface area contributed by atoms with E-state index in [2.05, 4.69) is 0 Å². The van der Waals surface area contributed by atoms with Crippen LogP contribution in [0.2, 0.25) is 0 Å². The Labute approximate surface area is 149 Å². The van der Waals surface area contributed by atoms with Crippen LogP contribution in [0.4, 0.5) is 0 Å². The van der Waals surface area contributed by atoms with Crippen LogP contribution in [0.3, 0.4) is 0 Å². The number of fused-ring (bicyclic) bond motifs is 1. The molecule has 0 bridgehead atoms. The summed E-state index contributed by atoms with van der Waals surface area (Å²) in [6, 6.07) is 19.6. The zero-order valence-electron chi connectivity index (χ0n) is 14.5. The number of hydrogen-bond acceptors (Lipinski definition) is 3. The van der Waals surface area contributed by atoms with E-state index in [1.807, 2.05) is 60.7 Å². The molecule has 25 heavy (non-hydrogen) atoms. The Morgan fingerprint density at radius 3 is 1.84 bits per heavy atom. The summed E-state index contributed by atoms with van der Waals surface area (Å²) >= 11 is 0. The summed E-state index contributed by atoms with van der Waals surface area (Å²) in [6.07, 6.45) is 6.09. The smallest absolute Gasteiger partial charge is 0.226 e. The highest BCUT2D eigenvalue weighted by Gasteiger charge is 2.53. The lowest BCUT2D eigenvalue weighted by Gasteiger charge is -2.34. The van der Waals surface area contributed by atoms with Crippen molar-refractivity contribution in [2.45, 2.75) is 62.6 Å². The van der Waals surface area contributed by atoms with E-state index in [1.165, 1.54) is 12.8 Å². The van der Waals surface area contributed by atoms with E-state index in [4.69, 9.17) is 9.47 Å². The van der Waals surface area contributed by atoms with Crippen LogP contribution >= 0.6 is 0 Å². The molecule has 2 aromatic rings. The van der Waals surface area contributed by atoms with Gasteiger partial charge in [0, 0.05) is 5.56 Å². The average molecular weight is 338 g/mol. The molecule has 0 unspecified atom stereocenters. The second kappa shape index (κ2) is 7.28.